The Hall–Kier alpha value is -3.05. The van der Waals surface area contributed by atoms with E-state index in [2.05, 4.69) is 9.97 Å². The van der Waals surface area contributed by atoms with Gasteiger partial charge in [0.25, 0.3) is 0 Å². The van der Waals surface area contributed by atoms with Gasteiger partial charge in [0.1, 0.15) is 5.52 Å². The summed E-state index contributed by atoms with van der Waals surface area (Å²) in [6, 6.07) is 13.3. The van der Waals surface area contributed by atoms with Gasteiger partial charge >= 0.3 is 0 Å². The third kappa shape index (κ3) is 2.90. The number of carbonyl (C=O) groups excluding carboxylic acids is 1. The number of para-hydroxylation sites is 2. The smallest absolute Gasteiger partial charge is 0.247 e. The van der Waals surface area contributed by atoms with E-state index in [1.165, 1.54) is 11.8 Å². The molecular formula is C21H16ClN3O2. The van der Waals surface area contributed by atoms with Gasteiger partial charge in [-0.2, -0.15) is 0 Å². The lowest BCUT2D eigenvalue weighted by Gasteiger charge is -2.26. The molecule has 3 heterocycles. The molecule has 1 aliphatic heterocycles. The maximum Gasteiger partial charge on any atom is 0.247 e. The van der Waals surface area contributed by atoms with E-state index in [1.807, 2.05) is 47.4 Å². The summed E-state index contributed by atoms with van der Waals surface area (Å²) >= 11 is 6.15. The number of nitrogens with one attached hydrogen (secondary N) is 1. The summed E-state index contributed by atoms with van der Waals surface area (Å²) in [5, 5.41) is 1.78. The van der Waals surface area contributed by atoms with Gasteiger partial charge in [-0.3, -0.25) is 4.79 Å². The van der Waals surface area contributed by atoms with Crippen molar-refractivity contribution in [1.29, 1.82) is 0 Å². The number of oxazole rings is 1. The molecule has 0 atom stereocenters. The molecule has 5 rings (SSSR count). The van der Waals surface area contributed by atoms with Crippen molar-refractivity contribution in [2.24, 2.45) is 0 Å². The fourth-order valence-electron chi connectivity index (χ4n) is 3.58. The fourth-order valence-corrected chi connectivity index (χ4v) is 3.76. The van der Waals surface area contributed by atoms with Gasteiger partial charge < -0.3 is 14.3 Å². The number of amides is 1. The number of H-pyrrole nitrogens is 1. The van der Waals surface area contributed by atoms with Crippen LogP contribution in [0, 0.1) is 0 Å². The molecule has 27 heavy (non-hydrogen) atoms. The molecule has 2 aromatic heterocycles. The summed E-state index contributed by atoms with van der Waals surface area (Å²) < 4.78 is 5.63. The Bertz CT molecular complexity index is 1170. The monoisotopic (exact) mass is 377 g/mol. The third-order valence-corrected chi connectivity index (χ3v) is 5.16. The number of hydrogen-bond acceptors (Lipinski definition) is 3. The van der Waals surface area contributed by atoms with Crippen molar-refractivity contribution in [2.45, 2.75) is 13.0 Å². The Morgan fingerprint density at radius 3 is 3.04 bits per heavy atom. The van der Waals surface area contributed by atoms with Gasteiger partial charge in [-0.05, 0) is 30.3 Å². The molecule has 0 saturated heterocycles. The number of benzene rings is 2. The average molecular weight is 378 g/mol. The minimum Gasteiger partial charge on any atom is -0.437 e. The summed E-state index contributed by atoms with van der Waals surface area (Å²) in [6.07, 6.45) is 3.95. The molecule has 0 unspecified atom stereocenters. The minimum atomic E-state index is -0.0562. The highest BCUT2D eigenvalue weighted by molar-refractivity contribution is 6.31. The van der Waals surface area contributed by atoms with Crippen LogP contribution < -0.4 is 0 Å². The molecule has 0 spiro atoms. The summed E-state index contributed by atoms with van der Waals surface area (Å²) in [5.74, 6) is 0.375. The first-order chi connectivity index (χ1) is 13.2. The van der Waals surface area contributed by atoms with E-state index in [9.17, 15) is 4.79 Å². The van der Waals surface area contributed by atoms with E-state index >= 15 is 0 Å². The Balaban J connectivity index is 1.38. The largest absolute Gasteiger partial charge is 0.437 e. The highest BCUT2D eigenvalue weighted by Crippen LogP contribution is 2.30. The number of hydrogen-bond donors (Lipinski definition) is 1. The molecule has 0 radical (unpaired) electrons. The Kier molecular flexibility index (Phi) is 3.76. The Morgan fingerprint density at radius 1 is 1.26 bits per heavy atom. The molecule has 134 valence electrons. The van der Waals surface area contributed by atoms with E-state index in [0.717, 1.165) is 28.4 Å². The molecule has 0 saturated carbocycles. The van der Waals surface area contributed by atoms with E-state index in [4.69, 9.17) is 16.0 Å². The van der Waals surface area contributed by atoms with Crippen molar-refractivity contribution in [1.82, 2.24) is 14.9 Å². The van der Waals surface area contributed by atoms with E-state index in [0.29, 0.717) is 29.6 Å². The third-order valence-electron chi connectivity index (χ3n) is 4.93. The molecule has 1 amide bonds. The van der Waals surface area contributed by atoms with Gasteiger partial charge in [0.15, 0.2) is 5.58 Å². The van der Waals surface area contributed by atoms with E-state index < -0.39 is 0 Å². The average Bonchev–Trinajstić information content (AvgIpc) is 3.26. The first kappa shape index (κ1) is 16.1. The Labute approximate surface area is 160 Å². The second kappa shape index (κ2) is 6.28. The van der Waals surface area contributed by atoms with E-state index in [-0.39, 0.29) is 5.91 Å². The van der Waals surface area contributed by atoms with Crippen LogP contribution in [0.3, 0.4) is 0 Å². The lowest BCUT2D eigenvalue weighted by molar-refractivity contribution is -0.126. The molecule has 0 bridgehead atoms. The predicted octanol–water partition coefficient (Wildman–Crippen LogP) is 4.56. The number of aromatic amines is 1. The summed E-state index contributed by atoms with van der Waals surface area (Å²) in [6.45, 7) is 1.23. The SMILES string of the molecule is O=C(/C=C/c1nc2ccccc2o1)N1CCc2[nH]c3ccc(Cl)cc3c2C1. The molecule has 0 aliphatic carbocycles. The molecule has 0 fully saturated rings. The number of fused-ring (bicyclic) bond motifs is 4. The van der Waals surface area contributed by atoms with Crippen molar-refractivity contribution < 1.29 is 9.21 Å². The fraction of sp³-hybridized carbons (Fsp3) is 0.143. The zero-order valence-electron chi connectivity index (χ0n) is 14.4. The van der Waals surface area contributed by atoms with Crippen LogP contribution >= 0.6 is 11.6 Å². The van der Waals surface area contributed by atoms with Crippen LogP contribution in [-0.2, 0) is 17.8 Å². The molecule has 1 N–H and O–H groups in total. The van der Waals surface area contributed by atoms with Crippen LogP contribution in [0.15, 0.2) is 53.0 Å². The second-order valence-electron chi connectivity index (χ2n) is 6.63. The van der Waals surface area contributed by atoms with Crippen molar-refractivity contribution in [3.8, 4) is 0 Å². The lowest BCUT2D eigenvalue weighted by atomic mass is 10.0. The number of rotatable bonds is 2. The number of aromatic nitrogens is 2. The first-order valence-corrected chi connectivity index (χ1v) is 9.17. The normalized spacial score (nSPS) is 14.3. The van der Waals surface area contributed by atoms with Gasteiger partial charge in [0.2, 0.25) is 11.8 Å². The standard InChI is InChI=1S/C21H16ClN3O2/c22-13-5-6-16-14(11-13)15-12-25(10-9-17(15)23-16)21(26)8-7-20-24-18-3-1-2-4-19(18)27-20/h1-8,11,23H,9-10,12H2/b8-7+. The van der Waals surface area contributed by atoms with Crippen LogP contribution in [0.25, 0.3) is 28.1 Å². The first-order valence-electron chi connectivity index (χ1n) is 8.79. The highest BCUT2D eigenvalue weighted by atomic mass is 35.5. The zero-order valence-corrected chi connectivity index (χ0v) is 15.2. The summed E-state index contributed by atoms with van der Waals surface area (Å²) in [5.41, 5.74) is 4.87. The maximum atomic E-state index is 12.7. The van der Waals surface area contributed by atoms with E-state index in [1.54, 1.807) is 6.08 Å². The van der Waals surface area contributed by atoms with Crippen LogP contribution in [-0.4, -0.2) is 27.3 Å². The van der Waals surface area contributed by atoms with Crippen molar-refractivity contribution >= 4 is 45.6 Å². The molecule has 4 aromatic rings. The van der Waals surface area contributed by atoms with Crippen LogP contribution in [0.2, 0.25) is 5.02 Å². The van der Waals surface area contributed by atoms with Crippen molar-refractivity contribution in [3.63, 3.8) is 0 Å². The molecule has 5 nitrogen and oxygen atoms in total. The summed E-state index contributed by atoms with van der Waals surface area (Å²) in [4.78, 5) is 22.3. The number of halogens is 1. The quantitative estimate of drug-likeness (QED) is 0.521. The van der Waals surface area contributed by atoms with Gasteiger partial charge in [0.05, 0.1) is 0 Å². The number of nitrogens with zero attached hydrogens (tertiary/aromatic N) is 2. The molecule has 2 aromatic carbocycles. The highest BCUT2D eigenvalue weighted by Gasteiger charge is 2.23. The van der Waals surface area contributed by atoms with Gasteiger partial charge in [-0.1, -0.05) is 23.7 Å². The maximum absolute atomic E-state index is 12.7. The Morgan fingerprint density at radius 2 is 2.15 bits per heavy atom. The van der Waals surface area contributed by atoms with Crippen molar-refractivity contribution in [3.05, 3.63) is 70.7 Å². The number of carbonyl (C=O) groups is 1. The topological polar surface area (TPSA) is 62.1 Å². The summed E-state index contributed by atoms with van der Waals surface area (Å²) in [7, 11) is 0. The minimum absolute atomic E-state index is 0.0562. The van der Waals surface area contributed by atoms with Crippen LogP contribution in [0.4, 0.5) is 0 Å². The van der Waals surface area contributed by atoms with Crippen molar-refractivity contribution in [2.75, 3.05) is 6.54 Å². The molecule has 6 heteroatoms. The van der Waals surface area contributed by atoms with Gasteiger partial charge in [0, 0.05) is 58.8 Å². The van der Waals surface area contributed by atoms with Crippen LogP contribution in [0.5, 0.6) is 0 Å². The lowest BCUT2D eigenvalue weighted by Crippen LogP contribution is -2.34. The van der Waals surface area contributed by atoms with Gasteiger partial charge in [-0.25, -0.2) is 4.98 Å². The van der Waals surface area contributed by atoms with Gasteiger partial charge in [-0.15, -0.1) is 0 Å². The second-order valence-corrected chi connectivity index (χ2v) is 7.07. The predicted molar refractivity (Wildman–Crippen MR) is 105 cm³/mol. The molecule has 1 aliphatic rings. The zero-order chi connectivity index (χ0) is 18.4. The van der Waals surface area contributed by atoms with Crippen LogP contribution in [0.1, 0.15) is 17.1 Å². The molecular weight excluding hydrogens is 362 g/mol.